The molecule has 0 spiro atoms. The van der Waals surface area contributed by atoms with E-state index < -0.39 is 11.9 Å². The van der Waals surface area contributed by atoms with E-state index in [0.29, 0.717) is 4.90 Å². The molecule has 18 heavy (non-hydrogen) atoms. The number of hydrogen-bond donors (Lipinski definition) is 4. The molecule has 0 amide bonds. The zero-order chi connectivity index (χ0) is 13.7. The number of rotatable bonds is 5. The first-order chi connectivity index (χ1) is 8.51. The van der Waals surface area contributed by atoms with Crippen LogP contribution in [0.3, 0.4) is 0 Å². The van der Waals surface area contributed by atoms with Gasteiger partial charge in [0, 0.05) is 16.2 Å². The summed E-state index contributed by atoms with van der Waals surface area (Å²) in [5, 5.41) is 29.2. The first kappa shape index (κ1) is 15.2. The Kier molecular flexibility index (Phi) is 5.86. The maximum Gasteiger partial charge on any atom is 0.171 e. The van der Waals surface area contributed by atoms with Crippen LogP contribution in [-0.4, -0.2) is 39.7 Å². The minimum atomic E-state index is -0.906. The molecule has 0 aliphatic carbocycles. The molecule has 0 saturated heterocycles. The van der Waals surface area contributed by atoms with Crippen LogP contribution in [0.2, 0.25) is 0 Å². The molecule has 0 fully saturated rings. The van der Waals surface area contributed by atoms with Gasteiger partial charge in [-0.1, -0.05) is 5.16 Å². The van der Waals surface area contributed by atoms with Crippen molar-refractivity contribution in [3.8, 4) is 0 Å². The topological polar surface area (TPSA) is 99.1 Å². The minimum Gasteiger partial charge on any atom is -0.409 e. The summed E-state index contributed by atoms with van der Waals surface area (Å²) < 4.78 is 14.0. The standard InChI is InChI=1S/C10H12BrFN2O3S/c11-8-6(10(13)14-17)1-2-7(9(8)12)18-4-5(16)3-15/h1-2,5,15-17H,3-4H2,(H2,13,14). The van der Waals surface area contributed by atoms with Crippen LogP contribution in [0.4, 0.5) is 4.39 Å². The quantitative estimate of drug-likeness (QED) is 0.212. The third kappa shape index (κ3) is 3.58. The van der Waals surface area contributed by atoms with E-state index in [0.717, 1.165) is 11.8 Å². The fourth-order valence-corrected chi connectivity index (χ4v) is 2.68. The van der Waals surface area contributed by atoms with Gasteiger partial charge in [-0.05, 0) is 28.1 Å². The van der Waals surface area contributed by atoms with Crippen LogP contribution < -0.4 is 5.73 Å². The number of amidine groups is 1. The molecule has 5 N–H and O–H groups in total. The van der Waals surface area contributed by atoms with Crippen molar-refractivity contribution < 1.29 is 19.8 Å². The van der Waals surface area contributed by atoms with Gasteiger partial charge in [0.25, 0.3) is 0 Å². The molecule has 0 aromatic heterocycles. The molecule has 1 rings (SSSR count). The van der Waals surface area contributed by atoms with Gasteiger partial charge in [0.05, 0.1) is 17.2 Å². The summed E-state index contributed by atoms with van der Waals surface area (Å²) in [6.07, 6.45) is -0.906. The monoisotopic (exact) mass is 338 g/mol. The molecule has 0 radical (unpaired) electrons. The number of nitrogens with two attached hydrogens (primary N) is 1. The second-order valence-electron chi connectivity index (χ2n) is 3.37. The Morgan fingerprint density at radius 1 is 1.56 bits per heavy atom. The van der Waals surface area contributed by atoms with Crippen LogP contribution in [0, 0.1) is 5.82 Å². The molecule has 0 heterocycles. The molecule has 0 saturated carbocycles. The highest BCUT2D eigenvalue weighted by molar-refractivity contribution is 9.10. The lowest BCUT2D eigenvalue weighted by molar-refractivity contribution is 0.113. The van der Waals surface area contributed by atoms with Gasteiger partial charge in [-0.15, -0.1) is 11.8 Å². The van der Waals surface area contributed by atoms with Gasteiger partial charge in [0.1, 0.15) is 0 Å². The van der Waals surface area contributed by atoms with E-state index in [1.54, 1.807) is 0 Å². The van der Waals surface area contributed by atoms with E-state index in [-0.39, 0.29) is 28.2 Å². The zero-order valence-electron chi connectivity index (χ0n) is 9.18. The molecule has 1 aromatic carbocycles. The summed E-state index contributed by atoms with van der Waals surface area (Å²) in [6, 6.07) is 2.96. The summed E-state index contributed by atoms with van der Waals surface area (Å²) in [6.45, 7) is -0.377. The average Bonchev–Trinajstić information content (AvgIpc) is 2.39. The van der Waals surface area contributed by atoms with E-state index in [1.807, 2.05) is 0 Å². The van der Waals surface area contributed by atoms with Gasteiger partial charge >= 0.3 is 0 Å². The fraction of sp³-hybridized carbons (Fsp3) is 0.300. The van der Waals surface area contributed by atoms with Gasteiger partial charge in [-0.3, -0.25) is 0 Å². The molecule has 8 heteroatoms. The SMILES string of the molecule is N/C(=N/O)c1ccc(SCC(O)CO)c(F)c1Br. The molecule has 1 unspecified atom stereocenters. The van der Waals surface area contributed by atoms with E-state index in [4.69, 9.17) is 16.0 Å². The van der Waals surface area contributed by atoms with Crippen LogP contribution in [-0.2, 0) is 0 Å². The highest BCUT2D eigenvalue weighted by atomic mass is 79.9. The van der Waals surface area contributed by atoms with Crippen molar-refractivity contribution >= 4 is 33.5 Å². The van der Waals surface area contributed by atoms with Crippen molar-refractivity contribution in [1.29, 1.82) is 0 Å². The largest absolute Gasteiger partial charge is 0.409 e. The minimum absolute atomic E-state index is 0.0845. The summed E-state index contributed by atoms with van der Waals surface area (Å²) in [5.41, 5.74) is 5.62. The second-order valence-corrected chi connectivity index (χ2v) is 5.23. The maximum absolute atomic E-state index is 13.9. The van der Waals surface area contributed by atoms with Gasteiger partial charge in [-0.2, -0.15) is 0 Å². The highest BCUT2D eigenvalue weighted by Gasteiger charge is 2.15. The smallest absolute Gasteiger partial charge is 0.171 e. The molecule has 1 aromatic rings. The van der Waals surface area contributed by atoms with Crippen molar-refractivity contribution in [3.63, 3.8) is 0 Å². The third-order valence-corrected chi connectivity index (χ3v) is 4.03. The number of oxime groups is 1. The first-order valence-corrected chi connectivity index (χ1v) is 6.66. The Hall–Kier alpha value is -0.830. The lowest BCUT2D eigenvalue weighted by atomic mass is 10.2. The number of halogens is 2. The van der Waals surface area contributed by atoms with Gasteiger partial charge in [0.2, 0.25) is 0 Å². The van der Waals surface area contributed by atoms with Crippen molar-refractivity contribution in [2.45, 2.75) is 11.0 Å². The van der Waals surface area contributed by atoms with Crippen LogP contribution in [0.25, 0.3) is 0 Å². The van der Waals surface area contributed by atoms with E-state index in [1.165, 1.54) is 12.1 Å². The van der Waals surface area contributed by atoms with Gasteiger partial charge in [0.15, 0.2) is 11.7 Å². The van der Waals surface area contributed by atoms with Crippen LogP contribution in [0.15, 0.2) is 26.7 Å². The van der Waals surface area contributed by atoms with E-state index in [2.05, 4.69) is 21.1 Å². The second kappa shape index (κ2) is 6.93. The molecule has 1 atom stereocenters. The number of aliphatic hydroxyl groups excluding tert-OH is 2. The molecule has 100 valence electrons. The van der Waals surface area contributed by atoms with Crippen LogP contribution in [0.1, 0.15) is 5.56 Å². The van der Waals surface area contributed by atoms with Gasteiger partial charge in [-0.25, -0.2) is 4.39 Å². The van der Waals surface area contributed by atoms with Crippen molar-refractivity contribution in [2.24, 2.45) is 10.9 Å². The number of benzene rings is 1. The predicted molar refractivity (Wildman–Crippen MR) is 70.4 cm³/mol. The normalized spacial score (nSPS) is 13.7. The van der Waals surface area contributed by atoms with E-state index in [9.17, 15) is 9.50 Å². The summed E-state index contributed by atoms with van der Waals surface area (Å²) in [7, 11) is 0. The van der Waals surface area contributed by atoms with Gasteiger partial charge < -0.3 is 21.2 Å². The summed E-state index contributed by atoms with van der Waals surface area (Å²) in [5.74, 6) is -0.593. The van der Waals surface area contributed by atoms with Crippen molar-refractivity contribution in [3.05, 3.63) is 28.0 Å². The summed E-state index contributed by atoms with van der Waals surface area (Å²) >= 11 is 4.09. The highest BCUT2D eigenvalue weighted by Crippen LogP contribution is 2.30. The Balaban J connectivity index is 2.94. The molecular weight excluding hydrogens is 327 g/mol. The predicted octanol–water partition coefficient (Wildman–Crippen LogP) is 1.13. The molecule has 0 bridgehead atoms. The van der Waals surface area contributed by atoms with E-state index >= 15 is 0 Å². The summed E-state index contributed by atoms with van der Waals surface area (Å²) in [4.78, 5) is 0.295. The van der Waals surface area contributed by atoms with Crippen LogP contribution in [0.5, 0.6) is 0 Å². The Morgan fingerprint density at radius 3 is 2.78 bits per heavy atom. The fourth-order valence-electron chi connectivity index (χ4n) is 1.13. The third-order valence-electron chi connectivity index (χ3n) is 2.07. The Labute approximate surface area is 116 Å². The zero-order valence-corrected chi connectivity index (χ0v) is 11.6. The lowest BCUT2D eigenvalue weighted by Gasteiger charge is -2.10. The Morgan fingerprint density at radius 2 is 2.22 bits per heavy atom. The number of hydrogen-bond acceptors (Lipinski definition) is 5. The molecule has 0 aliphatic rings. The first-order valence-electron chi connectivity index (χ1n) is 4.88. The number of aliphatic hydroxyl groups is 2. The number of nitrogens with zero attached hydrogens (tertiary/aromatic N) is 1. The number of thioether (sulfide) groups is 1. The Bertz CT molecular complexity index is 459. The molecule has 0 aliphatic heterocycles. The van der Waals surface area contributed by atoms with Crippen molar-refractivity contribution in [2.75, 3.05) is 12.4 Å². The average molecular weight is 339 g/mol. The van der Waals surface area contributed by atoms with Crippen LogP contribution >= 0.6 is 27.7 Å². The maximum atomic E-state index is 13.9. The molecular formula is C10H12BrFN2O3S. The lowest BCUT2D eigenvalue weighted by Crippen LogP contribution is -2.16. The van der Waals surface area contributed by atoms with Crippen molar-refractivity contribution in [1.82, 2.24) is 0 Å². The molecule has 5 nitrogen and oxygen atoms in total.